The van der Waals surface area contributed by atoms with Crippen molar-refractivity contribution < 1.29 is 12.8 Å². The van der Waals surface area contributed by atoms with Gasteiger partial charge in [-0.3, -0.25) is 9.82 Å². The van der Waals surface area contributed by atoms with Crippen molar-refractivity contribution >= 4 is 27.4 Å². The number of aromatic amines is 1. The standard InChI is InChI=1S/C13H15ClFN3O2S/c1-13(2,3)11-7-12(17-16-11)18-21(19,20)10-6-8(15)4-5-9(10)14/h4-7H,1-3H3,(H2,16,17,18). The SMILES string of the molecule is CC(C)(C)c1cc(NS(=O)(=O)c2cc(F)ccc2Cl)n[nH]1. The van der Waals surface area contributed by atoms with E-state index in [-0.39, 0.29) is 21.2 Å². The molecule has 21 heavy (non-hydrogen) atoms. The van der Waals surface area contributed by atoms with Crippen LogP contribution in [0.1, 0.15) is 26.5 Å². The number of hydrogen-bond acceptors (Lipinski definition) is 3. The van der Waals surface area contributed by atoms with Crippen molar-refractivity contribution in [2.45, 2.75) is 31.1 Å². The van der Waals surface area contributed by atoms with Gasteiger partial charge in [0.2, 0.25) is 0 Å². The molecule has 1 aromatic carbocycles. The van der Waals surface area contributed by atoms with Crippen LogP contribution in [0.2, 0.25) is 5.02 Å². The molecule has 0 radical (unpaired) electrons. The van der Waals surface area contributed by atoms with Crippen molar-refractivity contribution in [1.29, 1.82) is 0 Å². The van der Waals surface area contributed by atoms with Gasteiger partial charge in [-0.2, -0.15) is 5.10 Å². The highest BCUT2D eigenvalue weighted by molar-refractivity contribution is 7.92. The lowest BCUT2D eigenvalue weighted by Gasteiger charge is -2.14. The number of H-pyrrole nitrogens is 1. The van der Waals surface area contributed by atoms with Crippen LogP contribution in [0.4, 0.5) is 10.2 Å². The average Bonchev–Trinajstić information content (AvgIpc) is 2.79. The van der Waals surface area contributed by atoms with Gasteiger partial charge in [0, 0.05) is 17.2 Å². The summed E-state index contributed by atoms with van der Waals surface area (Å²) in [6, 6.07) is 4.73. The third-order valence-electron chi connectivity index (χ3n) is 2.81. The summed E-state index contributed by atoms with van der Waals surface area (Å²) in [7, 11) is -4.00. The zero-order valence-corrected chi connectivity index (χ0v) is 13.3. The topological polar surface area (TPSA) is 74.8 Å². The molecule has 0 aliphatic heterocycles. The Kier molecular flexibility index (Phi) is 3.99. The lowest BCUT2D eigenvalue weighted by Crippen LogP contribution is -2.14. The van der Waals surface area contributed by atoms with E-state index in [0.29, 0.717) is 0 Å². The predicted octanol–water partition coefficient (Wildman–Crippen LogP) is 3.30. The number of aromatic nitrogens is 2. The van der Waals surface area contributed by atoms with Gasteiger partial charge in [-0.05, 0) is 18.2 Å². The van der Waals surface area contributed by atoms with Gasteiger partial charge < -0.3 is 0 Å². The largest absolute Gasteiger partial charge is 0.280 e. The number of nitrogens with one attached hydrogen (secondary N) is 2. The average molecular weight is 332 g/mol. The molecule has 0 aliphatic carbocycles. The van der Waals surface area contributed by atoms with Crippen LogP contribution in [0.15, 0.2) is 29.2 Å². The van der Waals surface area contributed by atoms with E-state index in [1.165, 1.54) is 6.07 Å². The van der Waals surface area contributed by atoms with Gasteiger partial charge in [0.1, 0.15) is 10.7 Å². The summed E-state index contributed by atoms with van der Waals surface area (Å²) in [6.45, 7) is 5.88. The molecule has 0 fully saturated rings. The molecule has 0 bridgehead atoms. The second kappa shape index (κ2) is 5.31. The Bertz CT molecular complexity index is 766. The Morgan fingerprint density at radius 3 is 2.52 bits per heavy atom. The number of hydrogen-bond donors (Lipinski definition) is 2. The fourth-order valence-electron chi connectivity index (χ4n) is 1.63. The number of halogens is 2. The maximum Gasteiger partial charge on any atom is 0.264 e. The highest BCUT2D eigenvalue weighted by Crippen LogP contribution is 2.26. The second-order valence-corrected chi connectivity index (χ2v) is 7.66. The van der Waals surface area contributed by atoms with E-state index in [0.717, 1.165) is 17.8 Å². The molecule has 2 N–H and O–H groups in total. The quantitative estimate of drug-likeness (QED) is 0.906. The third kappa shape index (κ3) is 3.54. The molecule has 114 valence electrons. The molecule has 2 rings (SSSR count). The van der Waals surface area contributed by atoms with Crippen molar-refractivity contribution in [3.63, 3.8) is 0 Å². The molecular weight excluding hydrogens is 317 g/mol. The van der Waals surface area contributed by atoms with E-state index in [9.17, 15) is 12.8 Å². The number of benzene rings is 1. The normalized spacial score (nSPS) is 12.4. The number of sulfonamides is 1. The van der Waals surface area contributed by atoms with Crippen molar-refractivity contribution in [2.24, 2.45) is 0 Å². The molecular formula is C13H15ClFN3O2S. The van der Waals surface area contributed by atoms with Crippen LogP contribution in [-0.4, -0.2) is 18.6 Å². The zero-order valence-electron chi connectivity index (χ0n) is 11.7. The molecule has 0 saturated heterocycles. The van der Waals surface area contributed by atoms with E-state index in [1.54, 1.807) is 6.07 Å². The van der Waals surface area contributed by atoms with E-state index < -0.39 is 15.8 Å². The smallest absolute Gasteiger partial charge is 0.264 e. The van der Waals surface area contributed by atoms with E-state index in [4.69, 9.17) is 11.6 Å². The first-order chi connectivity index (χ1) is 9.59. The Morgan fingerprint density at radius 1 is 1.29 bits per heavy atom. The summed E-state index contributed by atoms with van der Waals surface area (Å²) in [5.41, 5.74) is 0.568. The molecule has 0 saturated carbocycles. The minimum Gasteiger partial charge on any atom is -0.280 e. The summed E-state index contributed by atoms with van der Waals surface area (Å²) >= 11 is 5.81. The molecule has 0 spiro atoms. The molecule has 1 aromatic heterocycles. The summed E-state index contributed by atoms with van der Waals surface area (Å²) < 4.78 is 39.9. The predicted molar refractivity (Wildman–Crippen MR) is 79.5 cm³/mol. The van der Waals surface area contributed by atoms with Crippen LogP contribution in [0.5, 0.6) is 0 Å². The number of anilines is 1. The van der Waals surface area contributed by atoms with Gasteiger partial charge in [-0.1, -0.05) is 32.4 Å². The van der Waals surface area contributed by atoms with Crippen molar-refractivity contribution in [2.75, 3.05) is 4.72 Å². The first-order valence-corrected chi connectivity index (χ1v) is 7.99. The summed E-state index contributed by atoms with van der Waals surface area (Å²) in [5.74, 6) is -0.558. The molecule has 8 heteroatoms. The van der Waals surface area contributed by atoms with Gasteiger partial charge in [-0.25, -0.2) is 12.8 Å². The number of nitrogens with zero attached hydrogens (tertiary/aromatic N) is 1. The second-order valence-electron chi connectivity index (χ2n) is 5.60. The van der Waals surface area contributed by atoms with Gasteiger partial charge in [0.25, 0.3) is 10.0 Å². The maximum atomic E-state index is 13.2. The summed E-state index contributed by atoms with van der Waals surface area (Å²) in [5, 5.41) is 6.60. The number of rotatable bonds is 3. The minimum atomic E-state index is -4.00. The van der Waals surface area contributed by atoms with Crippen LogP contribution < -0.4 is 4.72 Å². The van der Waals surface area contributed by atoms with Crippen LogP contribution >= 0.6 is 11.6 Å². The van der Waals surface area contributed by atoms with Crippen LogP contribution in [-0.2, 0) is 15.4 Å². The molecule has 0 atom stereocenters. The van der Waals surface area contributed by atoms with Crippen molar-refractivity contribution in [1.82, 2.24) is 10.2 Å². The Balaban J connectivity index is 2.34. The van der Waals surface area contributed by atoms with Gasteiger partial charge in [0.05, 0.1) is 5.02 Å². The maximum absolute atomic E-state index is 13.2. The van der Waals surface area contributed by atoms with Crippen LogP contribution in [0.3, 0.4) is 0 Å². The van der Waals surface area contributed by atoms with Gasteiger partial charge >= 0.3 is 0 Å². The van der Waals surface area contributed by atoms with Gasteiger partial charge in [0.15, 0.2) is 5.82 Å². The molecule has 1 heterocycles. The minimum absolute atomic E-state index is 0.0597. The van der Waals surface area contributed by atoms with Crippen molar-refractivity contribution in [3.05, 3.63) is 40.8 Å². The lowest BCUT2D eigenvalue weighted by molar-refractivity contribution is 0.567. The fraction of sp³-hybridized carbons (Fsp3) is 0.308. The van der Waals surface area contributed by atoms with E-state index >= 15 is 0 Å². The molecule has 0 unspecified atom stereocenters. The Hall–Kier alpha value is -1.60. The molecule has 2 aromatic rings. The van der Waals surface area contributed by atoms with Gasteiger partial charge in [-0.15, -0.1) is 0 Å². The first kappa shape index (κ1) is 15.8. The monoisotopic (exact) mass is 331 g/mol. The Labute approximate surface area is 127 Å². The van der Waals surface area contributed by atoms with E-state index in [2.05, 4.69) is 14.9 Å². The first-order valence-electron chi connectivity index (χ1n) is 6.13. The summed E-state index contributed by atoms with van der Waals surface area (Å²) in [4.78, 5) is -0.329. The molecule has 0 amide bonds. The van der Waals surface area contributed by atoms with E-state index in [1.807, 2.05) is 20.8 Å². The lowest BCUT2D eigenvalue weighted by atomic mass is 9.92. The van der Waals surface area contributed by atoms with Crippen LogP contribution in [0, 0.1) is 5.82 Å². The highest BCUT2D eigenvalue weighted by atomic mass is 35.5. The molecule has 0 aliphatic rings. The fourth-order valence-corrected chi connectivity index (χ4v) is 3.14. The highest BCUT2D eigenvalue weighted by Gasteiger charge is 2.22. The zero-order chi connectivity index (χ0) is 15.8. The van der Waals surface area contributed by atoms with Crippen molar-refractivity contribution in [3.8, 4) is 0 Å². The third-order valence-corrected chi connectivity index (χ3v) is 4.64. The summed E-state index contributed by atoms with van der Waals surface area (Å²) in [6.07, 6.45) is 0. The molecule has 5 nitrogen and oxygen atoms in total. The van der Waals surface area contributed by atoms with Crippen LogP contribution in [0.25, 0.3) is 0 Å². The Morgan fingerprint density at radius 2 is 1.95 bits per heavy atom.